The first-order valence-corrected chi connectivity index (χ1v) is 6.43. The summed E-state index contributed by atoms with van der Waals surface area (Å²) in [6.07, 6.45) is 1.24. The van der Waals surface area contributed by atoms with Crippen molar-refractivity contribution in [3.63, 3.8) is 0 Å². The van der Waals surface area contributed by atoms with Crippen LogP contribution in [0.3, 0.4) is 0 Å². The van der Waals surface area contributed by atoms with Gasteiger partial charge in [-0.15, -0.1) is 0 Å². The fourth-order valence-corrected chi connectivity index (χ4v) is 2.91. The van der Waals surface area contributed by atoms with E-state index in [9.17, 15) is 13.2 Å². The summed E-state index contributed by atoms with van der Waals surface area (Å²) in [5.74, 6) is -3.42. The Balaban J connectivity index is 2.52. The van der Waals surface area contributed by atoms with Crippen LogP contribution in [-0.2, 0) is 0 Å². The molecule has 0 aliphatic carbocycles. The van der Waals surface area contributed by atoms with Crippen molar-refractivity contribution >= 4 is 27.5 Å². The van der Waals surface area contributed by atoms with E-state index in [4.69, 9.17) is 11.6 Å². The van der Waals surface area contributed by atoms with Crippen LogP contribution in [0.25, 0.3) is 0 Å². The second-order valence-electron chi connectivity index (χ2n) is 4.01. The normalized spacial score (nSPS) is 17.5. The number of piperidine rings is 1. The number of rotatable bonds is 1. The van der Waals surface area contributed by atoms with Crippen molar-refractivity contribution in [1.82, 2.24) is 5.32 Å². The fraction of sp³-hybridized carbons (Fsp3) is 0.455. The van der Waals surface area contributed by atoms with E-state index in [0.717, 1.165) is 0 Å². The zero-order chi connectivity index (χ0) is 12.6. The van der Waals surface area contributed by atoms with Crippen LogP contribution < -0.4 is 5.32 Å². The van der Waals surface area contributed by atoms with Crippen molar-refractivity contribution in [2.24, 2.45) is 0 Å². The molecular weight excluding hydrogens is 318 g/mol. The van der Waals surface area contributed by atoms with Crippen LogP contribution in [0.1, 0.15) is 24.3 Å². The minimum atomic E-state index is -1.21. The number of hydrogen-bond acceptors (Lipinski definition) is 1. The molecule has 0 amide bonds. The van der Waals surface area contributed by atoms with Crippen molar-refractivity contribution < 1.29 is 13.2 Å². The maximum atomic E-state index is 13.8. The van der Waals surface area contributed by atoms with Gasteiger partial charge in [-0.2, -0.15) is 0 Å². The highest BCUT2D eigenvalue weighted by atomic mass is 79.9. The lowest BCUT2D eigenvalue weighted by Gasteiger charge is -2.24. The molecule has 1 fully saturated rings. The molecule has 1 saturated heterocycles. The van der Waals surface area contributed by atoms with Crippen LogP contribution in [0.15, 0.2) is 4.47 Å². The summed E-state index contributed by atoms with van der Waals surface area (Å²) in [5, 5.41) is 2.78. The number of hydrogen-bond donors (Lipinski definition) is 1. The van der Waals surface area contributed by atoms with Crippen molar-refractivity contribution in [3.05, 3.63) is 32.5 Å². The molecule has 1 aliphatic heterocycles. The topological polar surface area (TPSA) is 12.0 Å². The van der Waals surface area contributed by atoms with Crippen molar-refractivity contribution in [2.45, 2.75) is 18.8 Å². The Hall–Kier alpha value is -0.260. The standard InChI is InChI=1S/C11H10BrClF3N/c12-7-10(15)8(13)6(9(14)11(7)16)5-1-3-17-4-2-5/h5,17H,1-4H2. The van der Waals surface area contributed by atoms with Gasteiger partial charge in [-0.1, -0.05) is 11.6 Å². The highest BCUT2D eigenvalue weighted by Gasteiger charge is 2.28. The molecule has 1 N–H and O–H groups in total. The first-order valence-electron chi connectivity index (χ1n) is 5.26. The molecule has 0 aromatic heterocycles. The Labute approximate surface area is 110 Å². The first kappa shape index (κ1) is 13.2. The van der Waals surface area contributed by atoms with E-state index in [-0.39, 0.29) is 16.5 Å². The molecule has 1 aliphatic rings. The Kier molecular flexibility index (Phi) is 4.00. The van der Waals surface area contributed by atoms with Crippen LogP contribution in [-0.4, -0.2) is 13.1 Å². The van der Waals surface area contributed by atoms with Crippen LogP contribution >= 0.6 is 27.5 Å². The molecule has 94 valence electrons. The molecule has 1 aromatic carbocycles. The summed E-state index contributed by atoms with van der Waals surface area (Å²) in [6.45, 7) is 1.39. The molecule has 0 radical (unpaired) electrons. The van der Waals surface area contributed by atoms with Gasteiger partial charge in [-0.3, -0.25) is 0 Å². The van der Waals surface area contributed by atoms with Gasteiger partial charge in [-0.25, -0.2) is 13.2 Å². The molecule has 1 heterocycles. The minimum Gasteiger partial charge on any atom is -0.317 e. The molecule has 0 unspecified atom stereocenters. The predicted octanol–water partition coefficient (Wildman–Crippen LogP) is 3.99. The summed E-state index contributed by atoms with van der Waals surface area (Å²) in [6, 6.07) is 0. The van der Waals surface area contributed by atoms with Gasteiger partial charge in [0.25, 0.3) is 0 Å². The quantitative estimate of drug-likeness (QED) is 0.607. The molecular formula is C11H10BrClF3N. The van der Waals surface area contributed by atoms with Crippen LogP contribution in [0.2, 0.25) is 5.02 Å². The molecule has 6 heteroatoms. The van der Waals surface area contributed by atoms with Crippen molar-refractivity contribution in [1.29, 1.82) is 0 Å². The van der Waals surface area contributed by atoms with Crippen molar-refractivity contribution in [3.8, 4) is 0 Å². The molecule has 2 rings (SSSR count). The van der Waals surface area contributed by atoms with Gasteiger partial charge in [0.05, 0.1) is 9.50 Å². The Morgan fingerprint density at radius 2 is 1.65 bits per heavy atom. The summed E-state index contributed by atoms with van der Waals surface area (Å²) in [7, 11) is 0. The molecule has 0 atom stereocenters. The SMILES string of the molecule is Fc1c(F)c(C2CCNCC2)c(Cl)c(F)c1Br. The predicted molar refractivity (Wildman–Crippen MR) is 63.9 cm³/mol. The smallest absolute Gasteiger partial charge is 0.176 e. The second kappa shape index (κ2) is 5.16. The summed E-state index contributed by atoms with van der Waals surface area (Å²) in [5.41, 5.74) is -0.0358. The summed E-state index contributed by atoms with van der Waals surface area (Å²) >= 11 is 8.43. The van der Waals surface area contributed by atoms with Gasteiger partial charge in [0.1, 0.15) is 0 Å². The Morgan fingerprint density at radius 1 is 1.06 bits per heavy atom. The van der Waals surface area contributed by atoms with E-state index < -0.39 is 21.9 Å². The maximum Gasteiger partial charge on any atom is 0.176 e. The van der Waals surface area contributed by atoms with Crippen LogP contribution in [0.5, 0.6) is 0 Å². The lowest BCUT2D eigenvalue weighted by molar-refractivity contribution is 0.421. The third-order valence-corrected chi connectivity index (χ3v) is 4.06. The van der Waals surface area contributed by atoms with Gasteiger partial charge in [0, 0.05) is 5.56 Å². The number of nitrogens with one attached hydrogen (secondary N) is 1. The Bertz CT molecular complexity index is 418. The third-order valence-electron chi connectivity index (χ3n) is 2.99. The van der Waals surface area contributed by atoms with E-state index in [1.807, 2.05) is 0 Å². The second-order valence-corrected chi connectivity index (χ2v) is 5.18. The molecule has 17 heavy (non-hydrogen) atoms. The first-order chi connectivity index (χ1) is 8.04. The molecule has 0 spiro atoms. The fourth-order valence-electron chi connectivity index (χ4n) is 2.09. The largest absolute Gasteiger partial charge is 0.317 e. The van der Waals surface area contributed by atoms with Gasteiger partial charge >= 0.3 is 0 Å². The minimum absolute atomic E-state index is 0.0358. The van der Waals surface area contributed by atoms with Crippen LogP contribution in [0, 0.1) is 17.5 Å². The third kappa shape index (κ3) is 2.33. The van der Waals surface area contributed by atoms with E-state index in [2.05, 4.69) is 21.2 Å². The van der Waals surface area contributed by atoms with Gasteiger partial charge in [-0.05, 0) is 47.8 Å². The zero-order valence-corrected chi connectivity index (χ0v) is 11.1. The monoisotopic (exact) mass is 327 g/mol. The number of halogens is 5. The number of benzene rings is 1. The highest BCUT2D eigenvalue weighted by molar-refractivity contribution is 9.10. The zero-order valence-electron chi connectivity index (χ0n) is 8.80. The van der Waals surface area contributed by atoms with E-state index in [0.29, 0.717) is 25.9 Å². The molecule has 0 saturated carbocycles. The summed E-state index contributed by atoms with van der Waals surface area (Å²) < 4.78 is 40.3. The molecule has 0 bridgehead atoms. The van der Waals surface area contributed by atoms with Crippen molar-refractivity contribution in [2.75, 3.05) is 13.1 Å². The van der Waals surface area contributed by atoms with E-state index in [1.54, 1.807) is 0 Å². The average molecular weight is 329 g/mol. The maximum absolute atomic E-state index is 13.8. The molecule has 1 aromatic rings. The lowest BCUT2D eigenvalue weighted by atomic mass is 9.89. The lowest BCUT2D eigenvalue weighted by Crippen LogP contribution is -2.27. The van der Waals surface area contributed by atoms with Gasteiger partial charge < -0.3 is 5.32 Å². The van der Waals surface area contributed by atoms with E-state index >= 15 is 0 Å². The average Bonchev–Trinajstić information content (AvgIpc) is 2.36. The Morgan fingerprint density at radius 3 is 2.24 bits per heavy atom. The van der Waals surface area contributed by atoms with Gasteiger partial charge in [0.15, 0.2) is 17.5 Å². The van der Waals surface area contributed by atoms with Crippen LogP contribution in [0.4, 0.5) is 13.2 Å². The van der Waals surface area contributed by atoms with E-state index in [1.165, 1.54) is 0 Å². The highest BCUT2D eigenvalue weighted by Crippen LogP contribution is 2.39. The molecule has 1 nitrogen and oxygen atoms in total. The van der Waals surface area contributed by atoms with Gasteiger partial charge in [0.2, 0.25) is 0 Å². The summed E-state index contributed by atoms with van der Waals surface area (Å²) in [4.78, 5) is 0.